The van der Waals surface area contributed by atoms with Crippen molar-refractivity contribution in [2.75, 3.05) is 0 Å². The molecule has 0 bridgehead atoms. The summed E-state index contributed by atoms with van der Waals surface area (Å²) in [4.78, 5) is 0. The van der Waals surface area contributed by atoms with Crippen LogP contribution in [0.3, 0.4) is 0 Å². The molecule has 1 saturated heterocycles. The summed E-state index contributed by atoms with van der Waals surface area (Å²) in [6.07, 6.45) is 1.36. The van der Waals surface area contributed by atoms with Crippen molar-refractivity contribution in [1.29, 1.82) is 0 Å². The molecule has 76 valence electrons. The van der Waals surface area contributed by atoms with Crippen molar-refractivity contribution < 1.29 is 4.43 Å². The van der Waals surface area contributed by atoms with Crippen LogP contribution in [0.4, 0.5) is 0 Å². The van der Waals surface area contributed by atoms with E-state index in [2.05, 4.69) is 33.9 Å². The van der Waals surface area contributed by atoms with Crippen molar-refractivity contribution in [1.82, 2.24) is 0 Å². The minimum absolute atomic E-state index is 0.228. The lowest BCUT2D eigenvalue weighted by atomic mass is 10.3. The summed E-state index contributed by atoms with van der Waals surface area (Å²) in [5.41, 5.74) is 0. The molecule has 3 heteroatoms. The van der Waals surface area contributed by atoms with E-state index in [0.29, 0.717) is 0 Å². The first-order valence-corrected chi connectivity index (χ1v) is 8.52. The Morgan fingerprint density at radius 1 is 1.38 bits per heavy atom. The molecule has 0 amide bonds. The van der Waals surface area contributed by atoms with E-state index in [-0.39, 0.29) is 4.75 Å². The number of rotatable bonds is 3. The predicted molar refractivity (Wildman–Crippen MR) is 63.4 cm³/mol. The molecule has 13 heavy (non-hydrogen) atoms. The zero-order valence-corrected chi connectivity index (χ0v) is 11.0. The van der Waals surface area contributed by atoms with E-state index in [0.717, 1.165) is 5.09 Å². The lowest BCUT2D eigenvalue weighted by molar-refractivity contribution is 0.426. The quantitative estimate of drug-likeness (QED) is 0.521. The van der Waals surface area contributed by atoms with Gasteiger partial charge in [0.15, 0.2) is 0 Å². The van der Waals surface area contributed by atoms with Crippen LogP contribution < -0.4 is 0 Å². The van der Waals surface area contributed by atoms with Gasteiger partial charge < -0.3 is 4.43 Å². The highest BCUT2D eigenvalue weighted by Gasteiger charge is 2.38. The van der Waals surface area contributed by atoms with Gasteiger partial charge in [-0.1, -0.05) is 45.5 Å². The first-order valence-electron chi connectivity index (χ1n) is 4.88. The van der Waals surface area contributed by atoms with Crippen LogP contribution in [0.1, 0.15) is 27.2 Å². The molecule has 0 spiro atoms. The Balaban J connectivity index is 2.33. The molecule has 1 rings (SSSR count). The zero-order chi connectivity index (χ0) is 10.1. The monoisotopic (exact) mass is 216 g/mol. The fourth-order valence-electron chi connectivity index (χ4n) is 1.41. The van der Waals surface area contributed by atoms with Gasteiger partial charge in [0.2, 0.25) is 8.32 Å². The second-order valence-corrected chi connectivity index (χ2v) is 11.0. The maximum atomic E-state index is 5.96. The van der Waals surface area contributed by atoms with E-state index < -0.39 is 8.32 Å². The maximum absolute atomic E-state index is 5.96. The Hall–Kier alpha value is 0.107. The summed E-state index contributed by atoms with van der Waals surface area (Å²) in [6.45, 7) is 12.9. The Morgan fingerprint density at radius 2 is 1.92 bits per heavy atom. The molecular weight excluding hydrogens is 196 g/mol. The highest BCUT2D eigenvalue weighted by molar-refractivity contribution is 8.04. The van der Waals surface area contributed by atoms with Gasteiger partial charge in [-0.2, -0.15) is 0 Å². The number of hydrogen-bond acceptors (Lipinski definition) is 2. The highest BCUT2D eigenvalue weighted by Crippen LogP contribution is 2.39. The molecule has 0 aliphatic carbocycles. The first kappa shape index (κ1) is 11.2. The van der Waals surface area contributed by atoms with Gasteiger partial charge in [-0.05, 0) is 18.6 Å². The van der Waals surface area contributed by atoms with Crippen molar-refractivity contribution in [3.8, 4) is 0 Å². The van der Waals surface area contributed by atoms with Gasteiger partial charge >= 0.3 is 0 Å². The maximum Gasteiger partial charge on any atom is 0.248 e. The smallest absolute Gasteiger partial charge is 0.248 e. The lowest BCUT2D eigenvalue weighted by Crippen LogP contribution is -2.40. The Morgan fingerprint density at radius 3 is 2.23 bits per heavy atom. The molecule has 0 unspecified atom stereocenters. The minimum Gasteiger partial charge on any atom is -0.540 e. The molecule has 0 radical (unpaired) electrons. The van der Waals surface area contributed by atoms with Crippen LogP contribution in [0.25, 0.3) is 0 Å². The van der Waals surface area contributed by atoms with E-state index >= 15 is 0 Å². The molecule has 1 heterocycles. The Labute approximate surface area is 87.1 Å². The molecule has 0 aromatic carbocycles. The van der Waals surface area contributed by atoms with Crippen molar-refractivity contribution in [2.24, 2.45) is 0 Å². The molecule has 0 aromatic heterocycles. The summed E-state index contributed by atoms with van der Waals surface area (Å²) >= 11 is 1.75. The topological polar surface area (TPSA) is 9.23 Å². The van der Waals surface area contributed by atoms with E-state index in [9.17, 15) is 0 Å². The molecular formula is C10H20OSSi. The molecule has 1 aliphatic heterocycles. The van der Waals surface area contributed by atoms with Crippen LogP contribution in [0.5, 0.6) is 0 Å². The lowest BCUT2D eigenvalue weighted by Gasteiger charge is -2.37. The Kier molecular flexibility index (Phi) is 3.18. The van der Waals surface area contributed by atoms with Crippen molar-refractivity contribution in [3.63, 3.8) is 0 Å². The normalized spacial score (nSPS) is 20.6. The summed E-state index contributed by atoms with van der Waals surface area (Å²) in [6, 6.07) is 2.63. The minimum atomic E-state index is -1.28. The summed E-state index contributed by atoms with van der Waals surface area (Å²) in [5.74, 6) is 0. The highest BCUT2D eigenvalue weighted by atomic mass is 32.2. The van der Waals surface area contributed by atoms with Crippen LogP contribution in [-0.2, 0) is 4.43 Å². The van der Waals surface area contributed by atoms with Crippen LogP contribution in [-0.4, -0.2) is 13.1 Å². The molecule has 1 nitrogen and oxygen atoms in total. The second kappa shape index (κ2) is 3.69. The third kappa shape index (κ3) is 3.77. The van der Waals surface area contributed by atoms with Gasteiger partial charge in [-0.25, -0.2) is 0 Å². The second-order valence-electron chi connectivity index (χ2n) is 4.99. The van der Waals surface area contributed by atoms with E-state index in [1.54, 1.807) is 11.8 Å². The fraction of sp³-hybridized carbons (Fsp3) is 0.800. The van der Waals surface area contributed by atoms with Crippen molar-refractivity contribution in [3.05, 3.63) is 11.7 Å². The van der Waals surface area contributed by atoms with Crippen LogP contribution in [0, 0.1) is 0 Å². The average molecular weight is 216 g/mol. The third-order valence-corrected chi connectivity index (χ3v) is 6.82. The van der Waals surface area contributed by atoms with Gasteiger partial charge in [-0.3, -0.25) is 0 Å². The van der Waals surface area contributed by atoms with Crippen molar-refractivity contribution >= 4 is 20.1 Å². The third-order valence-electron chi connectivity index (χ3n) is 2.19. The molecule has 1 aliphatic rings. The first-order chi connectivity index (χ1) is 5.81. The van der Waals surface area contributed by atoms with E-state index in [4.69, 9.17) is 4.43 Å². The van der Waals surface area contributed by atoms with Gasteiger partial charge in [0.25, 0.3) is 0 Å². The number of thioether (sulfide) groups is 1. The number of hydrogen-bond donors (Lipinski definition) is 0. The Bertz CT molecular complexity index is 203. The van der Waals surface area contributed by atoms with Gasteiger partial charge in [0.1, 0.15) is 5.09 Å². The molecule has 0 aromatic rings. The van der Waals surface area contributed by atoms with Gasteiger partial charge in [-0.15, -0.1) is 0 Å². The summed E-state index contributed by atoms with van der Waals surface area (Å²) < 4.78 is 6.18. The van der Waals surface area contributed by atoms with Gasteiger partial charge in [0, 0.05) is 4.75 Å². The molecule has 0 atom stereocenters. The zero-order valence-electron chi connectivity index (χ0n) is 9.14. The summed E-state index contributed by atoms with van der Waals surface area (Å²) in [5, 5.41) is 0.932. The van der Waals surface area contributed by atoms with Crippen LogP contribution in [0.15, 0.2) is 11.7 Å². The average Bonchev–Trinajstić information content (AvgIpc) is 1.79. The SMILES string of the molecule is C=C(O[Si]1(C)CCC1)SC(C)(C)C. The molecule has 0 saturated carbocycles. The fourth-order valence-corrected chi connectivity index (χ4v) is 4.97. The van der Waals surface area contributed by atoms with E-state index in [1.165, 1.54) is 18.5 Å². The molecule has 0 N–H and O–H groups in total. The largest absolute Gasteiger partial charge is 0.540 e. The standard InChI is InChI=1S/C10H20OSSi/c1-9(12-10(2,3)4)11-13(5)7-6-8-13/h1,6-8H2,2-5H3. The van der Waals surface area contributed by atoms with Crippen molar-refractivity contribution in [2.45, 2.75) is 50.6 Å². The van der Waals surface area contributed by atoms with Crippen LogP contribution in [0.2, 0.25) is 18.6 Å². The van der Waals surface area contributed by atoms with E-state index in [1.807, 2.05) is 0 Å². The summed E-state index contributed by atoms with van der Waals surface area (Å²) in [7, 11) is -1.28. The van der Waals surface area contributed by atoms with Gasteiger partial charge in [0.05, 0.1) is 0 Å². The van der Waals surface area contributed by atoms with Crippen LogP contribution >= 0.6 is 11.8 Å². The predicted octanol–water partition coefficient (Wildman–Crippen LogP) is 3.98. The molecule has 1 fully saturated rings.